The van der Waals surface area contributed by atoms with E-state index in [1.807, 2.05) is 66.9 Å². The highest BCUT2D eigenvalue weighted by Crippen LogP contribution is 2.27. The first-order valence-corrected chi connectivity index (χ1v) is 10.8. The average molecular weight is 417 g/mol. The van der Waals surface area contributed by atoms with E-state index in [4.69, 9.17) is 5.10 Å². The number of aromatic nitrogens is 3. The number of rotatable bonds is 6. The molecule has 5 nitrogen and oxygen atoms in total. The lowest BCUT2D eigenvalue weighted by atomic mass is 10.0. The Kier molecular flexibility index (Phi) is 5.77. The highest BCUT2D eigenvalue weighted by atomic mass is 32.1. The molecule has 0 unspecified atom stereocenters. The molecule has 0 saturated carbocycles. The smallest absolute Gasteiger partial charge is 0.255 e. The summed E-state index contributed by atoms with van der Waals surface area (Å²) in [6.07, 6.45) is 1.80. The number of benzene rings is 2. The third-order valence-electron chi connectivity index (χ3n) is 4.87. The molecular weight excluding hydrogens is 392 g/mol. The Hall–Kier alpha value is -3.25. The first kappa shape index (κ1) is 20.0. The van der Waals surface area contributed by atoms with E-state index in [2.05, 4.69) is 24.1 Å². The quantitative estimate of drug-likeness (QED) is 0.460. The van der Waals surface area contributed by atoms with Crippen LogP contribution in [0.3, 0.4) is 0 Å². The molecule has 0 fully saturated rings. The molecule has 152 valence electrons. The van der Waals surface area contributed by atoms with E-state index >= 15 is 0 Å². The van der Waals surface area contributed by atoms with Crippen LogP contribution in [0.15, 0.2) is 66.2 Å². The molecular formula is C24H24N4OS. The SMILES string of the molecule is Cc1ccccc1-c1nn(-c2ccccc2)cc1C(=O)NCc1csc(C(C)C)n1. The number of hydrogen-bond acceptors (Lipinski definition) is 4. The molecule has 0 spiro atoms. The summed E-state index contributed by atoms with van der Waals surface area (Å²) in [5.41, 5.74) is 5.04. The summed E-state index contributed by atoms with van der Waals surface area (Å²) in [6, 6.07) is 17.8. The number of hydrogen-bond donors (Lipinski definition) is 1. The third kappa shape index (κ3) is 4.19. The van der Waals surface area contributed by atoms with Crippen LogP contribution in [-0.4, -0.2) is 20.7 Å². The van der Waals surface area contributed by atoms with Crippen LogP contribution < -0.4 is 5.32 Å². The van der Waals surface area contributed by atoms with Crippen LogP contribution in [0.1, 0.15) is 46.4 Å². The Morgan fingerprint density at radius 1 is 1.10 bits per heavy atom. The molecule has 0 aliphatic heterocycles. The number of carbonyl (C=O) groups excluding carboxylic acids is 1. The average Bonchev–Trinajstić information content (AvgIpc) is 3.41. The third-order valence-corrected chi connectivity index (χ3v) is 6.07. The van der Waals surface area contributed by atoms with Crippen molar-refractivity contribution >= 4 is 17.2 Å². The zero-order chi connectivity index (χ0) is 21.1. The van der Waals surface area contributed by atoms with E-state index in [0.717, 1.165) is 27.5 Å². The fraction of sp³-hybridized carbons (Fsp3) is 0.208. The molecule has 0 aliphatic rings. The molecule has 0 saturated heterocycles. The molecule has 0 radical (unpaired) electrons. The summed E-state index contributed by atoms with van der Waals surface area (Å²) >= 11 is 1.63. The number of nitrogens with zero attached hydrogens (tertiary/aromatic N) is 3. The molecule has 1 N–H and O–H groups in total. The number of nitrogens with one attached hydrogen (secondary N) is 1. The fourth-order valence-electron chi connectivity index (χ4n) is 3.23. The van der Waals surface area contributed by atoms with E-state index in [1.54, 1.807) is 22.2 Å². The largest absolute Gasteiger partial charge is 0.346 e. The van der Waals surface area contributed by atoms with Gasteiger partial charge in [-0.3, -0.25) is 4.79 Å². The van der Waals surface area contributed by atoms with E-state index < -0.39 is 0 Å². The van der Waals surface area contributed by atoms with Gasteiger partial charge in [0.15, 0.2) is 0 Å². The van der Waals surface area contributed by atoms with Gasteiger partial charge >= 0.3 is 0 Å². The summed E-state index contributed by atoms with van der Waals surface area (Å²) in [5, 5.41) is 10.9. The standard InChI is InChI=1S/C24H24N4OS/c1-16(2)24-26-18(15-30-24)13-25-23(29)21-14-28(19-10-5-4-6-11-19)27-22(21)20-12-8-7-9-17(20)3/h4-12,14-16H,13H2,1-3H3,(H,25,29). The minimum atomic E-state index is -0.158. The van der Waals surface area contributed by atoms with Crippen molar-refractivity contribution in [3.63, 3.8) is 0 Å². The maximum absolute atomic E-state index is 13.1. The van der Waals surface area contributed by atoms with Crippen molar-refractivity contribution in [3.8, 4) is 16.9 Å². The van der Waals surface area contributed by atoms with Gasteiger partial charge in [-0.15, -0.1) is 11.3 Å². The van der Waals surface area contributed by atoms with Crippen molar-refractivity contribution in [2.24, 2.45) is 0 Å². The molecule has 1 amide bonds. The number of amides is 1. The minimum absolute atomic E-state index is 0.158. The van der Waals surface area contributed by atoms with Gasteiger partial charge in [-0.05, 0) is 24.6 Å². The first-order valence-electron chi connectivity index (χ1n) is 9.96. The molecule has 2 aromatic heterocycles. The Labute approximate surface area is 180 Å². The molecule has 30 heavy (non-hydrogen) atoms. The monoisotopic (exact) mass is 416 g/mol. The molecule has 2 heterocycles. The Morgan fingerprint density at radius 3 is 2.53 bits per heavy atom. The summed E-state index contributed by atoms with van der Waals surface area (Å²) in [7, 11) is 0. The Morgan fingerprint density at radius 2 is 1.83 bits per heavy atom. The molecule has 4 aromatic rings. The van der Waals surface area contributed by atoms with Crippen LogP contribution in [-0.2, 0) is 6.54 Å². The second-order valence-corrected chi connectivity index (χ2v) is 8.39. The van der Waals surface area contributed by atoms with Gasteiger partial charge in [0.2, 0.25) is 0 Å². The number of aryl methyl sites for hydroxylation is 1. The van der Waals surface area contributed by atoms with Crippen LogP contribution in [0.5, 0.6) is 0 Å². The molecule has 2 aromatic carbocycles. The van der Waals surface area contributed by atoms with Gasteiger partial charge in [0.05, 0.1) is 28.5 Å². The van der Waals surface area contributed by atoms with Crippen LogP contribution in [0.25, 0.3) is 16.9 Å². The minimum Gasteiger partial charge on any atom is -0.346 e. The zero-order valence-corrected chi connectivity index (χ0v) is 18.1. The summed E-state index contributed by atoms with van der Waals surface area (Å²) in [5.74, 6) is 0.228. The maximum atomic E-state index is 13.1. The summed E-state index contributed by atoms with van der Waals surface area (Å²) in [6.45, 7) is 6.66. The summed E-state index contributed by atoms with van der Waals surface area (Å²) < 4.78 is 1.76. The Bertz CT molecular complexity index is 1160. The van der Waals surface area contributed by atoms with Crippen LogP contribution in [0, 0.1) is 6.92 Å². The molecule has 6 heteroatoms. The Balaban J connectivity index is 1.65. The summed E-state index contributed by atoms with van der Waals surface area (Å²) in [4.78, 5) is 17.7. The number of thiazole rings is 1. The van der Waals surface area contributed by atoms with Crippen molar-refractivity contribution in [1.29, 1.82) is 0 Å². The fourth-order valence-corrected chi connectivity index (χ4v) is 4.06. The highest BCUT2D eigenvalue weighted by Gasteiger charge is 2.20. The predicted octanol–water partition coefficient (Wildman–Crippen LogP) is 5.36. The molecule has 0 bridgehead atoms. The van der Waals surface area contributed by atoms with Gasteiger partial charge < -0.3 is 5.32 Å². The van der Waals surface area contributed by atoms with Gasteiger partial charge in [0.1, 0.15) is 5.69 Å². The molecule has 4 rings (SSSR count). The van der Waals surface area contributed by atoms with E-state index in [0.29, 0.717) is 23.7 Å². The van der Waals surface area contributed by atoms with Crippen molar-refractivity contribution < 1.29 is 4.79 Å². The highest BCUT2D eigenvalue weighted by molar-refractivity contribution is 7.09. The topological polar surface area (TPSA) is 59.8 Å². The van der Waals surface area contributed by atoms with Crippen molar-refractivity contribution in [2.75, 3.05) is 0 Å². The van der Waals surface area contributed by atoms with Crippen LogP contribution in [0.2, 0.25) is 0 Å². The first-order chi connectivity index (χ1) is 14.5. The lowest BCUT2D eigenvalue weighted by Crippen LogP contribution is -2.23. The lowest BCUT2D eigenvalue weighted by molar-refractivity contribution is 0.0951. The molecule has 0 atom stereocenters. The van der Waals surface area contributed by atoms with Gasteiger partial charge in [0, 0.05) is 23.1 Å². The second-order valence-electron chi connectivity index (χ2n) is 7.50. The van der Waals surface area contributed by atoms with Crippen LogP contribution in [0.4, 0.5) is 0 Å². The van der Waals surface area contributed by atoms with Crippen molar-refractivity contribution in [2.45, 2.75) is 33.2 Å². The van der Waals surface area contributed by atoms with Gasteiger partial charge in [-0.1, -0.05) is 56.3 Å². The predicted molar refractivity (Wildman–Crippen MR) is 121 cm³/mol. The van der Waals surface area contributed by atoms with E-state index in [1.165, 1.54) is 0 Å². The second kappa shape index (κ2) is 8.63. The van der Waals surface area contributed by atoms with E-state index in [9.17, 15) is 4.79 Å². The van der Waals surface area contributed by atoms with E-state index in [-0.39, 0.29) is 5.91 Å². The maximum Gasteiger partial charge on any atom is 0.255 e. The number of para-hydroxylation sites is 1. The number of carbonyl (C=O) groups is 1. The van der Waals surface area contributed by atoms with Gasteiger partial charge in [-0.2, -0.15) is 5.10 Å². The van der Waals surface area contributed by atoms with Gasteiger partial charge in [-0.25, -0.2) is 9.67 Å². The zero-order valence-electron chi connectivity index (χ0n) is 17.3. The molecule has 0 aliphatic carbocycles. The van der Waals surface area contributed by atoms with Crippen molar-refractivity contribution in [3.05, 3.63) is 88.0 Å². The van der Waals surface area contributed by atoms with Gasteiger partial charge in [0.25, 0.3) is 5.91 Å². The van der Waals surface area contributed by atoms with Crippen LogP contribution >= 0.6 is 11.3 Å². The lowest BCUT2D eigenvalue weighted by Gasteiger charge is -2.06. The normalized spacial score (nSPS) is 11.1. The van der Waals surface area contributed by atoms with Crippen molar-refractivity contribution in [1.82, 2.24) is 20.1 Å².